The second-order valence-corrected chi connectivity index (χ2v) is 10.6. The fraction of sp³-hybridized carbons (Fsp3) is 0.267. The monoisotopic (exact) mass is 487 g/mol. The average Bonchev–Trinajstić information content (AvgIpc) is 3.07. The van der Waals surface area contributed by atoms with Crippen LogP contribution in [0.4, 0.5) is 5.69 Å². The molecule has 0 aromatic heterocycles. The minimum absolute atomic E-state index is 0.0523. The summed E-state index contributed by atoms with van der Waals surface area (Å²) in [6, 6.07) is 17.9. The molecule has 0 spiro atoms. The highest BCUT2D eigenvalue weighted by Gasteiger charge is 2.47. The Morgan fingerprint density at radius 1 is 0.914 bits per heavy atom. The molecule has 0 bridgehead atoms. The normalized spacial score (nSPS) is 17.8. The second kappa shape index (κ2) is 9.01. The number of halogens is 1. The van der Waals surface area contributed by atoms with E-state index in [2.05, 4.69) is 20.8 Å². The van der Waals surface area contributed by atoms with Crippen LogP contribution in [0, 0.1) is 20.8 Å². The Morgan fingerprint density at radius 2 is 1.57 bits per heavy atom. The van der Waals surface area contributed by atoms with Gasteiger partial charge in [0, 0.05) is 16.3 Å². The number of benzene rings is 3. The van der Waals surface area contributed by atoms with Crippen molar-refractivity contribution in [2.75, 3.05) is 4.90 Å². The maximum absolute atomic E-state index is 13.4. The van der Waals surface area contributed by atoms with Gasteiger partial charge in [-0.15, -0.1) is 0 Å². The van der Waals surface area contributed by atoms with Crippen LogP contribution in [0.5, 0.6) is 0 Å². The minimum Gasteiger partial charge on any atom is -0.507 e. The summed E-state index contributed by atoms with van der Waals surface area (Å²) < 4.78 is 0. The number of aliphatic hydroxyl groups excluding tert-OH is 1. The molecule has 3 aromatic carbocycles. The summed E-state index contributed by atoms with van der Waals surface area (Å²) in [5, 5.41) is 11.9. The van der Waals surface area contributed by atoms with Crippen molar-refractivity contribution in [2.24, 2.45) is 0 Å². The van der Waals surface area contributed by atoms with Crippen LogP contribution in [0.25, 0.3) is 5.76 Å². The molecule has 1 fully saturated rings. The van der Waals surface area contributed by atoms with E-state index < -0.39 is 17.7 Å². The number of aryl methyl sites for hydroxylation is 2. The first kappa shape index (κ1) is 24.7. The third-order valence-electron chi connectivity index (χ3n) is 6.82. The van der Waals surface area contributed by atoms with Crippen LogP contribution in [0.1, 0.15) is 60.2 Å². The minimum atomic E-state index is -0.789. The SMILES string of the molecule is Cc1ccc(/C(O)=C2\C(=O)C(=O)N(c3cccc(Cl)c3C)C2c2ccc(C(C)(C)C)cc2)cc1C. The predicted molar refractivity (Wildman–Crippen MR) is 142 cm³/mol. The molecule has 0 aliphatic carbocycles. The first-order valence-corrected chi connectivity index (χ1v) is 12.0. The number of carbonyl (C=O) groups excluding carboxylic acids is 2. The van der Waals surface area contributed by atoms with Crippen LogP contribution in [-0.4, -0.2) is 16.8 Å². The van der Waals surface area contributed by atoms with Gasteiger partial charge in [0.15, 0.2) is 0 Å². The van der Waals surface area contributed by atoms with Gasteiger partial charge in [0.1, 0.15) is 5.76 Å². The fourth-order valence-corrected chi connectivity index (χ4v) is 4.63. The molecule has 5 heteroatoms. The Bertz CT molecular complexity index is 1360. The van der Waals surface area contributed by atoms with Gasteiger partial charge in [-0.1, -0.05) is 74.8 Å². The standard InChI is InChI=1S/C30H30ClNO3/c1-17-10-11-21(16-18(17)2)27(33)25-26(20-12-14-22(15-13-20)30(4,5)6)32(29(35)28(25)34)24-9-7-8-23(31)19(24)3/h7-16,26,33H,1-6H3/b27-25+. The molecule has 180 valence electrons. The Balaban J connectivity index is 1.97. The highest BCUT2D eigenvalue weighted by molar-refractivity contribution is 6.52. The van der Waals surface area contributed by atoms with Crippen LogP contribution in [0.2, 0.25) is 5.02 Å². The third-order valence-corrected chi connectivity index (χ3v) is 7.23. The maximum atomic E-state index is 13.4. The highest BCUT2D eigenvalue weighted by Crippen LogP contribution is 2.44. The number of amides is 1. The number of carbonyl (C=O) groups is 2. The molecular weight excluding hydrogens is 458 g/mol. The van der Waals surface area contributed by atoms with Gasteiger partial charge in [0.25, 0.3) is 11.7 Å². The molecule has 4 nitrogen and oxygen atoms in total. The quantitative estimate of drug-likeness (QED) is 0.241. The number of anilines is 1. The maximum Gasteiger partial charge on any atom is 0.300 e. The first-order chi connectivity index (χ1) is 16.4. The lowest BCUT2D eigenvalue weighted by atomic mass is 9.85. The molecule has 1 aliphatic rings. The van der Waals surface area contributed by atoms with Gasteiger partial charge in [-0.3, -0.25) is 14.5 Å². The van der Waals surface area contributed by atoms with E-state index in [1.807, 2.05) is 57.2 Å². The van der Waals surface area contributed by atoms with Crippen molar-refractivity contribution >= 4 is 34.7 Å². The Morgan fingerprint density at radius 3 is 2.17 bits per heavy atom. The van der Waals surface area contributed by atoms with Crippen LogP contribution in [-0.2, 0) is 15.0 Å². The molecule has 35 heavy (non-hydrogen) atoms. The van der Waals surface area contributed by atoms with E-state index in [9.17, 15) is 14.7 Å². The van der Waals surface area contributed by atoms with Gasteiger partial charge in [-0.05, 0) is 72.2 Å². The number of Topliss-reactive ketones (excluding diaryl/α,β-unsaturated/α-hetero) is 1. The number of aliphatic hydroxyl groups is 1. The van der Waals surface area contributed by atoms with E-state index in [1.54, 1.807) is 24.3 Å². The molecule has 0 saturated carbocycles. The van der Waals surface area contributed by atoms with Crippen molar-refractivity contribution in [2.45, 2.75) is 53.0 Å². The summed E-state index contributed by atoms with van der Waals surface area (Å²) in [6.07, 6.45) is 0. The Hall–Kier alpha value is -3.37. The van der Waals surface area contributed by atoms with E-state index in [4.69, 9.17) is 11.6 Å². The van der Waals surface area contributed by atoms with E-state index >= 15 is 0 Å². The zero-order chi connectivity index (χ0) is 25.7. The van der Waals surface area contributed by atoms with E-state index in [-0.39, 0.29) is 16.7 Å². The molecule has 3 aromatic rings. The van der Waals surface area contributed by atoms with E-state index in [0.29, 0.717) is 21.8 Å². The summed E-state index contributed by atoms with van der Waals surface area (Å²) in [5.74, 6) is -1.59. The summed E-state index contributed by atoms with van der Waals surface area (Å²) in [7, 11) is 0. The third kappa shape index (κ3) is 4.39. The van der Waals surface area contributed by atoms with Crippen molar-refractivity contribution < 1.29 is 14.7 Å². The zero-order valence-corrected chi connectivity index (χ0v) is 21.7. The Kier molecular flexibility index (Phi) is 6.37. The zero-order valence-electron chi connectivity index (χ0n) is 20.9. The van der Waals surface area contributed by atoms with Gasteiger partial charge >= 0.3 is 0 Å². The molecule has 1 N–H and O–H groups in total. The molecular formula is C30H30ClNO3. The number of hydrogen-bond donors (Lipinski definition) is 1. The van der Waals surface area contributed by atoms with Gasteiger partial charge in [-0.2, -0.15) is 0 Å². The molecule has 1 heterocycles. The summed E-state index contributed by atoms with van der Waals surface area (Å²) >= 11 is 6.38. The Labute approximate surface area is 211 Å². The van der Waals surface area contributed by atoms with Crippen LogP contribution >= 0.6 is 11.6 Å². The predicted octanol–water partition coefficient (Wildman–Crippen LogP) is 7.19. The van der Waals surface area contributed by atoms with Crippen LogP contribution in [0.15, 0.2) is 66.2 Å². The first-order valence-electron chi connectivity index (χ1n) is 11.7. The van der Waals surface area contributed by atoms with Crippen molar-refractivity contribution in [3.05, 3.63) is 105 Å². The van der Waals surface area contributed by atoms with Crippen LogP contribution in [0.3, 0.4) is 0 Å². The fourth-order valence-electron chi connectivity index (χ4n) is 4.46. The highest BCUT2D eigenvalue weighted by atomic mass is 35.5. The molecule has 0 radical (unpaired) electrons. The number of rotatable bonds is 3. The smallest absolute Gasteiger partial charge is 0.300 e. The largest absolute Gasteiger partial charge is 0.507 e. The summed E-state index contributed by atoms with van der Waals surface area (Å²) in [4.78, 5) is 28.3. The van der Waals surface area contributed by atoms with Crippen molar-refractivity contribution in [3.8, 4) is 0 Å². The number of nitrogens with zero attached hydrogens (tertiary/aromatic N) is 1. The van der Waals surface area contributed by atoms with Crippen molar-refractivity contribution in [1.82, 2.24) is 0 Å². The lowest BCUT2D eigenvalue weighted by molar-refractivity contribution is -0.132. The average molecular weight is 488 g/mol. The van der Waals surface area contributed by atoms with Gasteiger partial charge < -0.3 is 5.11 Å². The van der Waals surface area contributed by atoms with Crippen molar-refractivity contribution in [1.29, 1.82) is 0 Å². The van der Waals surface area contributed by atoms with Crippen molar-refractivity contribution in [3.63, 3.8) is 0 Å². The summed E-state index contributed by atoms with van der Waals surface area (Å²) in [5.41, 5.74) is 5.69. The molecule has 1 aliphatic heterocycles. The number of ketones is 1. The van der Waals surface area contributed by atoms with E-state index in [0.717, 1.165) is 22.3 Å². The van der Waals surface area contributed by atoms with Crippen LogP contribution < -0.4 is 4.90 Å². The molecule has 4 rings (SSSR count). The molecule has 1 unspecified atom stereocenters. The molecule has 1 saturated heterocycles. The van der Waals surface area contributed by atoms with Gasteiger partial charge in [0.05, 0.1) is 11.6 Å². The lowest BCUT2D eigenvalue weighted by Crippen LogP contribution is -2.30. The van der Waals surface area contributed by atoms with Gasteiger partial charge in [-0.25, -0.2) is 0 Å². The summed E-state index contributed by atoms with van der Waals surface area (Å²) in [6.45, 7) is 12.1. The number of hydrogen-bond acceptors (Lipinski definition) is 3. The topological polar surface area (TPSA) is 57.6 Å². The molecule has 1 amide bonds. The van der Waals surface area contributed by atoms with E-state index in [1.165, 1.54) is 4.90 Å². The molecule has 1 atom stereocenters. The second-order valence-electron chi connectivity index (χ2n) is 10.2. The van der Waals surface area contributed by atoms with Gasteiger partial charge in [0.2, 0.25) is 0 Å². The lowest BCUT2D eigenvalue weighted by Gasteiger charge is -2.28.